The van der Waals surface area contributed by atoms with E-state index >= 15 is 0 Å². The predicted octanol–water partition coefficient (Wildman–Crippen LogP) is 4.90. The summed E-state index contributed by atoms with van der Waals surface area (Å²) in [6.07, 6.45) is -0.621. The lowest BCUT2D eigenvalue weighted by molar-refractivity contribution is -0.137. The first-order chi connectivity index (χ1) is 16.7. The van der Waals surface area contributed by atoms with Crippen LogP contribution in [-0.2, 0) is 6.18 Å². The van der Waals surface area contributed by atoms with Crippen molar-refractivity contribution >= 4 is 23.2 Å². The molecule has 0 bridgehead atoms. The number of carbonyl (C=O) groups excluding carboxylic acids is 1. The summed E-state index contributed by atoms with van der Waals surface area (Å²) in [7, 11) is 0. The Hall–Kier alpha value is -4.61. The van der Waals surface area contributed by atoms with Gasteiger partial charge in [0.05, 0.1) is 23.6 Å². The summed E-state index contributed by atoms with van der Waals surface area (Å²) in [5, 5.41) is 2.80. The number of carbonyl (C=O) groups is 1. The molecule has 1 aromatic carbocycles. The molecule has 0 aliphatic rings. The highest BCUT2D eigenvalue weighted by Crippen LogP contribution is 2.31. The van der Waals surface area contributed by atoms with Gasteiger partial charge in [0.2, 0.25) is 5.95 Å². The number of rotatable bonds is 6. The van der Waals surface area contributed by atoms with Gasteiger partial charge in [-0.2, -0.15) is 13.2 Å². The van der Waals surface area contributed by atoms with Crippen molar-refractivity contribution in [1.29, 1.82) is 0 Å². The van der Waals surface area contributed by atoms with Crippen molar-refractivity contribution in [3.8, 4) is 11.3 Å². The van der Waals surface area contributed by atoms with Crippen LogP contribution in [-0.4, -0.2) is 25.8 Å². The average molecular weight is 483 g/mol. The van der Waals surface area contributed by atoms with Crippen LogP contribution in [0.3, 0.4) is 0 Å². The number of alkyl halides is 3. The van der Waals surface area contributed by atoms with Crippen LogP contribution in [0, 0.1) is 12.7 Å². The van der Waals surface area contributed by atoms with Crippen molar-refractivity contribution in [3.05, 3.63) is 89.9 Å². The van der Waals surface area contributed by atoms with E-state index in [9.17, 15) is 22.4 Å². The monoisotopic (exact) mass is 483 g/mol. The zero-order chi connectivity index (χ0) is 25.0. The van der Waals surface area contributed by atoms with E-state index in [1.807, 2.05) is 0 Å². The minimum absolute atomic E-state index is 0.0116. The number of hydrogen-bond donors (Lipinski definition) is 3. The summed E-state index contributed by atoms with van der Waals surface area (Å²) in [5.74, 6) is -1.34. The number of amides is 1. The first kappa shape index (κ1) is 23.5. The number of aromatic nitrogens is 4. The van der Waals surface area contributed by atoms with Crippen LogP contribution in [0.25, 0.3) is 11.3 Å². The van der Waals surface area contributed by atoms with Gasteiger partial charge in [-0.1, -0.05) is 6.07 Å². The van der Waals surface area contributed by atoms with Gasteiger partial charge in [0.1, 0.15) is 11.4 Å². The fourth-order valence-corrected chi connectivity index (χ4v) is 3.07. The molecule has 0 radical (unpaired) electrons. The van der Waals surface area contributed by atoms with E-state index in [0.29, 0.717) is 16.9 Å². The second-order valence-corrected chi connectivity index (χ2v) is 7.24. The van der Waals surface area contributed by atoms with Gasteiger partial charge < -0.3 is 5.32 Å². The van der Waals surface area contributed by atoms with Crippen LogP contribution >= 0.6 is 0 Å². The molecule has 4 rings (SSSR count). The highest BCUT2D eigenvalue weighted by molar-refractivity contribution is 5.93. The molecule has 0 spiro atoms. The quantitative estimate of drug-likeness (QED) is 0.265. The lowest BCUT2D eigenvalue weighted by atomic mass is 10.1. The molecular weight excluding hydrogens is 466 g/mol. The molecule has 1 amide bonds. The molecule has 0 unspecified atom stereocenters. The number of benzene rings is 1. The SMILES string of the molecule is Cc1ncccc1-c1nc(NNC(=O)c2ccc(Nc3cccc(C(F)(F)F)c3)cn2)ncc1F. The van der Waals surface area contributed by atoms with Gasteiger partial charge in [-0.25, -0.2) is 19.3 Å². The minimum Gasteiger partial charge on any atom is -0.354 e. The predicted molar refractivity (Wildman–Crippen MR) is 120 cm³/mol. The lowest BCUT2D eigenvalue weighted by Gasteiger charge is -2.11. The van der Waals surface area contributed by atoms with Crippen LogP contribution in [0.1, 0.15) is 21.7 Å². The van der Waals surface area contributed by atoms with Crippen molar-refractivity contribution in [2.75, 3.05) is 10.7 Å². The second kappa shape index (κ2) is 9.71. The van der Waals surface area contributed by atoms with Crippen molar-refractivity contribution < 1.29 is 22.4 Å². The third-order valence-electron chi connectivity index (χ3n) is 4.77. The fourth-order valence-electron chi connectivity index (χ4n) is 3.07. The van der Waals surface area contributed by atoms with E-state index in [2.05, 4.69) is 36.1 Å². The summed E-state index contributed by atoms with van der Waals surface area (Å²) < 4.78 is 52.8. The molecule has 4 aromatic rings. The van der Waals surface area contributed by atoms with E-state index < -0.39 is 23.5 Å². The zero-order valence-electron chi connectivity index (χ0n) is 18.1. The number of hydrazine groups is 1. The van der Waals surface area contributed by atoms with E-state index in [-0.39, 0.29) is 23.0 Å². The molecule has 35 heavy (non-hydrogen) atoms. The van der Waals surface area contributed by atoms with Crippen LogP contribution in [0.5, 0.6) is 0 Å². The van der Waals surface area contributed by atoms with Crippen molar-refractivity contribution in [2.24, 2.45) is 0 Å². The van der Waals surface area contributed by atoms with E-state index in [1.165, 1.54) is 30.5 Å². The van der Waals surface area contributed by atoms with Crippen molar-refractivity contribution in [1.82, 2.24) is 25.4 Å². The average Bonchev–Trinajstić information content (AvgIpc) is 2.84. The van der Waals surface area contributed by atoms with E-state index in [4.69, 9.17) is 0 Å². The first-order valence-electron chi connectivity index (χ1n) is 10.1. The number of aryl methyl sites for hydroxylation is 1. The highest BCUT2D eigenvalue weighted by atomic mass is 19.4. The number of anilines is 3. The number of nitrogens with zero attached hydrogens (tertiary/aromatic N) is 4. The zero-order valence-corrected chi connectivity index (χ0v) is 18.1. The van der Waals surface area contributed by atoms with E-state index in [1.54, 1.807) is 25.3 Å². The van der Waals surface area contributed by atoms with E-state index in [0.717, 1.165) is 18.3 Å². The van der Waals surface area contributed by atoms with Gasteiger partial charge in [-0.15, -0.1) is 0 Å². The molecule has 3 aromatic heterocycles. The Kier molecular flexibility index (Phi) is 6.53. The standard InChI is InChI=1S/C23H17F4N7O/c1-13-17(6-3-9-28-13)20-18(24)12-30-22(32-20)34-33-21(35)19-8-7-16(11-29-19)31-15-5-2-4-14(10-15)23(25,26)27/h2-12,31H,1H3,(H,33,35)(H,30,32,34). The normalized spacial score (nSPS) is 11.1. The topological polar surface area (TPSA) is 105 Å². The summed E-state index contributed by atoms with van der Waals surface area (Å²) in [6, 6.07) is 10.9. The van der Waals surface area contributed by atoms with Crippen molar-refractivity contribution in [2.45, 2.75) is 13.1 Å². The van der Waals surface area contributed by atoms with Crippen molar-refractivity contribution in [3.63, 3.8) is 0 Å². The molecular formula is C23H17F4N7O. The Morgan fingerprint density at radius 2 is 1.77 bits per heavy atom. The summed E-state index contributed by atoms with van der Waals surface area (Å²) in [4.78, 5) is 28.4. The van der Waals surface area contributed by atoms with Crippen LogP contribution in [0.2, 0.25) is 0 Å². The van der Waals surface area contributed by atoms with Crippen LogP contribution < -0.4 is 16.2 Å². The Morgan fingerprint density at radius 3 is 2.49 bits per heavy atom. The molecule has 0 saturated carbocycles. The number of halogens is 4. The third kappa shape index (κ3) is 5.66. The Balaban J connectivity index is 1.41. The van der Waals surface area contributed by atoms with Gasteiger partial charge in [-0.05, 0) is 49.4 Å². The van der Waals surface area contributed by atoms with Gasteiger partial charge >= 0.3 is 6.18 Å². The molecule has 3 N–H and O–H groups in total. The maximum absolute atomic E-state index is 14.2. The summed E-state index contributed by atoms with van der Waals surface area (Å²) in [5.41, 5.74) is 5.76. The van der Waals surface area contributed by atoms with Gasteiger partial charge in [0.25, 0.3) is 5.91 Å². The van der Waals surface area contributed by atoms with Gasteiger partial charge in [0, 0.05) is 23.1 Å². The molecule has 0 saturated heterocycles. The molecule has 8 nitrogen and oxygen atoms in total. The Bertz CT molecular complexity index is 1360. The summed E-state index contributed by atoms with van der Waals surface area (Å²) >= 11 is 0. The fraction of sp³-hybridized carbons (Fsp3) is 0.0870. The first-order valence-corrected chi connectivity index (χ1v) is 10.1. The van der Waals surface area contributed by atoms with Crippen LogP contribution in [0.4, 0.5) is 34.9 Å². The molecule has 3 heterocycles. The molecule has 12 heteroatoms. The summed E-state index contributed by atoms with van der Waals surface area (Å²) in [6.45, 7) is 1.71. The second-order valence-electron chi connectivity index (χ2n) is 7.24. The lowest BCUT2D eigenvalue weighted by Crippen LogP contribution is -2.31. The number of hydrogen-bond acceptors (Lipinski definition) is 7. The molecule has 0 fully saturated rings. The molecule has 0 atom stereocenters. The minimum atomic E-state index is -4.46. The smallest absolute Gasteiger partial charge is 0.354 e. The highest BCUT2D eigenvalue weighted by Gasteiger charge is 2.30. The molecule has 0 aliphatic heterocycles. The van der Waals surface area contributed by atoms with Crippen LogP contribution in [0.15, 0.2) is 67.1 Å². The maximum atomic E-state index is 14.2. The molecule has 0 aliphatic carbocycles. The Labute approximate surface area is 196 Å². The largest absolute Gasteiger partial charge is 0.416 e. The number of nitrogens with one attached hydrogen (secondary N) is 3. The third-order valence-corrected chi connectivity index (χ3v) is 4.77. The maximum Gasteiger partial charge on any atom is 0.416 e. The Morgan fingerprint density at radius 1 is 0.943 bits per heavy atom. The van der Waals surface area contributed by atoms with Gasteiger partial charge in [-0.3, -0.25) is 20.6 Å². The molecule has 178 valence electrons. The van der Waals surface area contributed by atoms with Gasteiger partial charge in [0.15, 0.2) is 5.82 Å². The number of pyridine rings is 2.